The second-order valence-corrected chi connectivity index (χ2v) is 0.250. The van der Waals surface area contributed by atoms with Crippen molar-refractivity contribution in [2.75, 3.05) is 0 Å². The number of hydrogen-bond acceptors (Lipinski definition) is 3. The number of carbonyl (C=O) groups is 1. The van der Waals surface area contributed by atoms with E-state index in [-0.39, 0.29) is 71.4 Å². The molecule has 0 saturated carbocycles. The van der Waals surface area contributed by atoms with E-state index in [4.69, 9.17) is 15.0 Å². The molecule has 0 unspecified atom stereocenters. The molecule has 0 amide bonds. The van der Waals surface area contributed by atoms with Crippen LogP contribution in [0.15, 0.2) is 0 Å². The summed E-state index contributed by atoms with van der Waals surface area (Å²) in [6.45, 7) is 0. The fourth-order valence-corrected chi connectivity index (χ4v) is 0. The van der Waals surface area contributed by atoms with E-state index in [1.165, 1.54) is 0 Å². The van der Waals surface area contributed by atoms with Gasteiger partial charge in [-0.1, -0.05) is 0 Å². The third-order valence-electron chi connectivity index (χ3n) is 0. The molecule has 6 heteroatoms. The van der Waals surface area contributed by atoms with Gasteiger partial charge in [0.2, 0.25) is 0 Å². The Morgan fingerprint density at radius 3 is 1.29 bits per heavy atom. The molecular formula is CBaFeO4. The van der Waals surface area contributed by atoms with E-state index in [0.717, 1.165) is 0 Å². The maximum absolute atomic E-state index is 8.33. The molecule has 0 radical (unpaired) electrons. The molecule has 0 aliphatic carbocycles. The number of carboxylic acid groups (broad SMARTS) is 2. The summed E-state index contributed by atoms with van der Waals surface area (Å²) in [5.74, 6) is 0. The summed E-state index contributed by atoms with van der Waals surface area (Å²) in [5, 5.41) is 16.7. The van der Waals surface area contributed by atoms with Crippen LogP contribution in [0.3, 0.4) is 0 Å². The molecule has 0 aliphatic rings. The molecule has 0 aromatic rings. The number of rotatable bonds is 0. The molecular weight excluding hydrogens is 269 g/mol. The standard InChI is InChI=1S/CH2O3.Ba.Fe.O/c2-1(3)4;;;/h(H2,2,3,4);;;/q;2*+2;-2/p-2. The molecule has 0 saturated heterocycles. The molecule has 0 spiro atoms. The van der Waals surface area contributed by atoms with Crippen molar-refractivity contribution < 1.29 is 37.6 Å². The normalized spacial score (nSPS) is 3.43. The molecule has 0 rings (SSSR count). The van der Waals surface area contributed by atoms with Gasteiger partial charge in [-0.05, 0) is 6.16 Å². The van der Waals surface area contributed by atoms with Crippen molar-refractivity contribution in [2.45, 2.75) is 0 Å². The molecule has 0 N–H and O–H groups in total. The van der Waals surface area contributed by atoms with Gasteiger partial charge < -0.3 is 20.5 Å². The van der Waals surface area contributed by atoms with Crippen LogP contribution in [0.1, 0.15) is 0 Å². The summed E-state index contributed by atoms with van der Waals surface area (Å²) in [5.41, 5.74) is 0. The first-order valence-electron chi connectivity index (χ1n) is 0.612. The molecule has 0 aromatic carbocycles. The van der Waals surface area contributed by atoms with Crippen molar-refractivity contribution in [2.24, 2.45) is 0 Å². The van der Waals surface area contributed by atoms with Gasteiger partial charge in [-0.3, -0.25) is 0 Å². The van der Waals surface area contributed by atoms with Crippen molar-refractivity contribution in [1.29, 1.82) is 0 Å². The van der Waals surface area contributed by atoms with E-state index in [9.17, 15) is 0 Å². The van der Waals surface area contributed by atoms with Crippen LogP contribution < -0.4 is 10.2 Å². The fourth-order valence-electron chi connectivity index (χ4n) is 0. The molecule has 7 heavy (non-hydrogen) atoms. The molecule has 0 aromatic heterocycles. The van der Waals surface area contributed by atoms with Gasteiger partial charge in [-0.2, -0.15) is 0 Å². The number of hydrogen-bond donors (Lipinski definition) is 0. The molecule has 0 fully saturated rings. The van der Waals surface area contributed by atoms with Crippen molar-refractivity contribution in [3.63, 3.8) is 0 Å². The molecule has 38 valence electrons. The van der Waals surface area contributed by atoms with Gasteiger partial charge in [0.15, 0.2) is 0 Å². The summed E-state index contributed by atoms with van der Waals surface area (Å²) < 4.78 is 0. The average molecular weight is 269 g/mol. The predicted octanol–water partition coefficient (Wildman–Crippen LogP) is -2.95. The third-order valence-corrected chi connectivity index (χ3v) is 0. The summed E-state index contributed by atoms with van der Waals surface area (Å²) >= 11 is 0. The number of carbonyl (C=O) groups excluding carboxylic acids is 1. The Labute approximate surface area is 91.1 Å². The summed E-state index contributed by atoms with van der Waals surface area (Å²) in [7, 11) is 0. The van der Waals surface area contributed by atoms with Crippen LogP contribution >= 0.6 is 0 Å². The summed E-state index contributed by atoms with van der Waals surface area (Å²) in [6.07, 6.45) is -2.33. The van der Waals surface area contributed by atoms with Crippen molar-refractivity contribution >= 4 is 55.0 Å². The fraction of sp³-hybridized carbons (Fsp3) is 0. The monoisotopic (exact) mass is 270 g/mol. The van der Waals surface area contributed by atoms with Crippen LogP contribution in [0.2, 0.25) is 0 Å². The van der Waals surface area contributed by atoms with Gasteiger partial charge in [0, 0.05) is 0 Å². The third kappa shape index (κ3) is 119. The Morgan fingerprint density at radius 2 is 1.29 bits per heavy atom. The quantitative estimate of drug-likeness (QED) is 0.440. The van der Waals surface area contributed by atoms with E-state index < -0.39 is 6.16 Å². The Balaban J connectivity index is -0.0000000150. The average Bonchev–Trinajstić information content (AvgIpc) is 0.811. The van der Waals surface area contributed by atoms with Crippen LogP contribution in [0, 0.1) is 0 Å². The van der Waals surface area contributed by atoms with E-state index in [0.29, 0.717) is 0 Å². The van der Waals surface area contributed by atoms with Crippen LogP contribution in [0.4, 0.5) is 4.79 Å². The van der Waals surface area contributed by atoms with E-state index >= 15 is 0 Å². The van der Waals surface area contributed by atoms with Gasteiger partial charge in [0.25, 0.3) is 0 Å². The molecule has 0 bridgehead atoms. The zero-order valence-electron chi connectivity index (χ0n) is 3.19. The van der Waals surface area contributed by atoms with Gasteiger partial charge in [0.05, 0.1) is 0 Å². The van der Waals surface area contributed by atoms with Gasteiger partial charge in [-0.15, -0.1) is 0 Å². The zero-order valence-corrected chi connectivity index (χ0v) is 8.74. The first-order valence-corrected chi connectivity index (χ1v) is 0.612. The minimum atomic E-state index is -2.33. The van der Waals surface area contributed by atoms with Gasteiger partial charge in [-0.25, -0.2) is 0 Å². The van der Waals surface area contributed by atoms with Gasteiger partial charge in [0.1, 0.15) is 0 Å². The van der Waals surface area contributed by atoms with Crippen molar-refractivity contribution in [3.05, 3.63) is 0 Å². The minimum Gasteiger partial charge on any atom is -2.00 e. The SMILES string of the molecule is O=C([O-])[O-].[Ba+2].[Fe+2].[O-2]. The van der Waals surface area contributed by atoms with Crippen LogP contribution in [0.25, 0.3) is 0 Å². The second-order valence-electron chi connectivity index (χ2n) is 0.250. The Bertz CT molecular complexity index is 34.7. The van der Waals surface area contributed by atoms with Crippen LogP contribution in [-0.4, -0.2) is 55.0 Å². The van der Waals surface area contributed by atoms with Crippen LogP contribution in [-0.2, 0) is 22.5 Å². The Hall–Kier alpha value is 1.32. The maximum Gasteiger partial charge on any atom is 2.00 e. The minimum absolute atomic E-state index is 0. The largest absolute Gasteiger partial charge is 2.00 e. The topological polar surface area (TPSA) is 91.7 Å². The zero-order chi connectivity index (χ0) is 3.58. The molecule has 0 aliphatic heterocycles. The maximum atomic E-state index is 8.33. The molecule has 0 heterocycles. The van der Waals surface area contributed by atoms with E-state index in [2.05, 4.69) is 0 Å². The van der Waals surface area contributed by atoms with Crippen molar-refractivity contribution in [3.8, 4) is 0 Å². The Morgan fingerprint density at radius 1 is 1.29 bits per heavy atom. The second kappa shape index (κ2) is 15.7. The molecule has 4 nitrogen and oxygen atoms in total. The smallest absolute Gasteiger partial charge is 2.00 e. The van der Waals surface area contributed by atoms with Crippen LogP contribution in [0.5, 0.6) is 0 Å². The summed E-state index contributed by atoms with van der Waals surface area (Å²) in [6, 6.07) is 0. The van der Waals surface area contributed by atoms with E-state index in [1.807, 2.05) is 0 Å². The van der Waals surface area contributed by atoms with E-state index in [1.54, 1.807) is 0 Å². The van der Waals surface area contributed by atoms with Gasteiger partial charge >= 0.3 is 65.9 Å². The van der Waals surface area contributed by atoms with Crippen molar-refractivity contribution in [1.82, 2.24) is 0 Å². The summed E-state index contributed by atoms with van der Waals surface area (Å²) in [4.78, 5) is 8.33. The molecule has 0 atom stereocenters. The first-order chi connectivity index (χ1) is 1.73. The predicted molar refractivity (Wildman–Crippen MR) is 11.8 cm³/mol. The Kier molecular flexibility index (Phi) is 53.5. The first kappa shape index (κ1) is 23.9.